The number of hydrogen-bond donors (Lipinski definition) is 1. The minimum absolute atomic E-state index is 0.389. The molecule has 11 heavy (non-hydrogen) atoms. The second kappa shape index (κ2) is 4.87. The average Bonchev–Trinajstić information content (AvgIpc) is 2.03. The summed E-state index contributed by atoms with van der Waals surface area (Å²) in [7, 11) is -0.389. The highest BCUT2D eigenvalue weighted by molar-refractivity contribution is 6.23. The Morgan fingerprint density at radius 3 is 2.55 bits per heavy atom. The molecular formula is C7H18N2OSi. The fourth-order valence-electron chi connectivity index (χ4n) is 1.09. The van der Waals surface area contributed by atoms with Crippen LogP contribution in [0.5, 0.6) is 0 Å². The van der Waals surface area contributed by atoms with Gasteiger partial charge in [-0.25, -0.2) is 0 Å². The average molecular weight is 174 g/mol. The van der Waals surface area contributed by atoms with Crippen molar-refractivity contribution in [2.24, 2.45) is 0 Å². The summed E-state index contributed by atoms with van der Waals surface area (Å²) in [5.74, 6) is 0. The molecule has 0 saturated carbocycles. The van der Waals surface area contributed by atoms with Crippen LogP contribution in [-0.2, 0) is 4.43 Å². The van der Waals surface area contributed by atoms with E-state index in [1.165, 1.54) is 13.1 Å². The lowest BCUT2D eigenvalue weighted by atomic mass is 10.4. The number of nitrogens with one attached hydrogen (secondary N) is 1. The maximum absolute atomic E-state index is 5.62. The van der Waals surface area contributed by atoms with E-state index in [4.69, 9.17) is 4.43 Å². The highest BCUT2D eigenvalue weighted by atomic mass is 28.2. The molecule has 1 saturated heterocycles. The van der Waals surface area contributed by atoms with E-state index in [2.05, 4.69) is 23.7 Å². The molecule has 0 spiro atoms. The van der Waals surface area contributed by atoms with Crippen molar-refractivity contribution in [1.82, 2.24) is 9.88 Å². The van der Waals surface area contributed by atoms with Crippen LogP contribution in [-0.4, -0.2) is 46.8 Å². The van der Waals surface area contributed by atoms with Crippen LogP contribution in [0.4, 0.5) is 0 Å². The molecule has 0 aromatic heterocycles. The lowest BCUT2D eigenvalue weighted by Gasteiger charge is -2.27. The molecule has 1 fully saturated rings. The fraction of sp³-hybridized carbons (Fsp3) is 1.00. The molecule has 0 bridgehead atoms. The molecule has 0 unspecified atom stereocenters. The standard InChI is InChI=1S/C7H18N2OSi/c1-7(2)10-11-9-5-3-8-4-6-9/h7-8H,3-6,11H2,1-2H3. The van der Waals surface area contributed by atoms with E-state index in [0.717, 1.165) is 13.1 Å². The lowest BCUT2D eigenvalue weighted by Crippen LogP contribution is -2.46. The summed E-state index contributed by atoms with van der Waals surface area (Å²) in [5, 5.41) is 3.33. The first-order valence-electron chi connectivity index (χ1n) is 4.33. The first kappa shape index (κ1) is 9.19. The van der Waals surface area contributed by atoms with Crippen molar-refractivity contribution < 1.29 is 4.43 Å². The lowest BCUT2D eigenvalue weighted by molar-refractivity contribution is 0.213. The van der Waals surface area contributed by atoms with Gasteiger partial charge in [0.25, 0.3) is 0 Å². The Morgan fingerprint density at radius 1 is 1.36 bits per heavy atom. The third kappa shape index (κ3) is 3.86. The molecule has 1 heterocycles. The van der Waals surface area contributed by atoms with Crippen LogP contribution in [0.1, 0.15) is 13.8 Å². The van der Waals surface area contributed by atoms with Gasteiger partial charge >= 0.3 is 0 Å². The van der Waals surface area contributed by atoms with Crippen LogP contribution in [0.2, 0.25) is 0 Å². The molecule has 4 heteroatoms. The summed E-state index contributed by atoms with van der Waals surface area (Å²) in [6, 6.07) is 0. The molecule has 0 radical (unpaired) electrons. The zero-order valence-electron chi connectivity index (χ0n) is 7.47. The molecule has 1 aliphatic heterocycles. The number of rotatable bonds is 3. The topological polar surface area (TPSA) is 24.5 Å². The Balaban J connectivity index is 2.05. The van der Waals surface area contributed by atoms with E-state index in [0.29, 0.717) is 6.10 Å². The molecule has 1 aliphatic rings. The Kier molecular flexibility index (Phi) is 4.07. The summed E-state index contributed by atoms with van der Waals surface area (Å²) in [5.41, 5.74) is 0. The largest absolute Gasteiger partial charge is 0.406 e. The predicted octanol–water partition coefficient (Wildman–Crippen LogP) is -0.685. The summed E-state index contributed by atoms with van der Waals surface area (Å²) >= 11 is 0. The van der Waals surface area contributed by atoms with Crippen molar-refractivity contribution >= 4 is 9.92 Å². The van der Waals surface area contributed by atoms with E-state index in [1.807, 2.05) is 0 Å². The maximum Gasteiger partial charge on any atom is 0.239 e. The molecule has 0 amide bonds. The minimum atomic E-state index is -0.389. The van der Waals surface area contributed by atoms with Gasteiger partial charge in [-0.1, -0.05) is 0 Å². The van der Waals surface area contributed by atoms with E-state index in [1.54, 1.807) is 0 Å². The van der Waals surface area contributed by atoms with Crippen molar-refractivity contribution in [2.45, 2.75) is 20.0 Å². The van der Waals surface area contributed by atoms with Gasteiger partial charge in [-0.15, -0.1) is 0 Å². The second-order valence-corrected chi connectivity index (χ2v) is 4.70. The zero-order valence-corrected chi connectivity index (χ0v) is 8.88. The fourth-order valence-corrected chi connectivity index (χ4v) is 2.18. The molecule has 1 rings (SSSR count). The Morgan fingerprint density at radius 2 is 2.00 bits per heavy atom. The number of hydrogen-bond acceptors (Lipinski definition) is 3. The third-order valence-electron chi connectivity index (χ3n) is 1.80. The molecule has 3 nitrogen and oxygen atoms in total. The van der Waals surface area contributed by atoms with Crippen molar-refractivity contribution in [1.29, 1.82) is 0 Å². The van der Waals surface area contributed by atoms with Crippen LogP contribution >= 0.6 is 0 Å². The van der Waals surface area contributed by atoms with Crippen LogP contribution in [0, 0.1) is 0 Å². The minimum Gasteiger partial charge on any atom is -0.406 e. The SMILES string of the molecule is CC(C)O[SiH2]N1CCNCC1. The van der Waals surface area contributed by atoms with Crippen LogP contribution < -0.4 is 5.32 Å². The van der Waals surface area contributed by atoms with Gasteiger partial charge in [0.05, 0.1) is 0 Å². The highest BCUT2D eigenvalue weighted by Gasteiger charge is 2.09. The predicted molar refractivity (Wildman–Crippen MR) is 49.2 cm³/mol. The van der Waals surface area contributed by atoms with E-state index < -0.39 is 0 Å². The van der Waals surface area contributed by atoms with Crippen LogP contribution in [0.3, 0.4) is 0 Å². The number of nitrogens with zero attached hydrogens (tertiary/aromatic N) is 1. The molecular weight excluding hydrogens is 156 g/mol. The maximum atomic E-state index is 5.62. The van der Waals surface area contributed by atoms with Crippen LogP contribution in [0.15, 0.2) is 0 Å². The molecule has 1 N–H and O–H groups in total. The smallest absolute Gasteiger partial charge is 0.239 e. The van der Waals surface area contributed by atoms with Crippen molar-refractivity contribution in [2.75, 3.05) is 26.2 Å². The van der Waals surface area contributed by atoms with Gasteiger partial charge in [-0.05, 0) is 13.8 Å². The van der Waals surface area contributed by atoms with Gasteiger partial charge in [0.15, 0.2) is 0 Å². The monoisotopic (exact) mass is 174 g/mol. The van der Waals surface area contributed by atoms with E-state index in [-0.39, 0.29) is 9.92 Å². The molecule has 0 atom stereocenters. The molecule has 66 valence electrons. The first-order valence-corrected chi connectivity index (χ1v) is 5.54. The third-order valence-corrected chi connectivity index (χ3v) is 3.61. The van der Waals surface area contributed by atoms with Gasteiger partial charge < -0.3 is 14.3 Å². The summed E-state index contributed by atoms with van der Waals surface area (Å²) in [6.45, 7) is 8.84. The highest BCUT2D eigenvalue weighted by Crippen LogP contribution is 1.92. The van der Waals surface area contributed by atoms with Gasteiger partial charge in [0.2, 0.25) is 9.92 Å². The normalized spacial score (nSPS) is 22.1. The zero-order chi connectivity index (χ0) is 8.10. The van der Waals surface area contributed by atoms with Gasteiger partial charge in [-0.3, -0.25) is 0 Å². The molecule has 0 aliphatic carbocycles. The van der Waals surface area contributed by atoms with Gasteiger partial charge in [0, 0.05) is 32.3 Å². The molecule has 0 aromatic carbocycles. The van der Waals surface area contributed by atoms with Crippen molar-refractivity contribution in [3.8, 4) is 0 Å². The van der Waals surface area contributed by atoms with Gasteiger partial charge in [-0.2, -0.15) is 0 Å². The summed E-state index contributed by atoms with van der Waals surface area (Å²) in [4.78, 5) is 0. The Hall–Kier alpha value is 0.0969. The van der Waals surface area contributed by atoms with Crippen molar-refractivity contribution in [3.05, 3.63) is 0 Å². The molecule has 0 aromatic rings. The Labute approximate surface area is 71.1 Å². The van der Waals surface area contributed by atoms with E-state index in [9.17, 15) is 0 Å². The van der Waals surface area contributed by atoms with E-state index >= 15 is 0 Å². The second-order valence-electron chi connectivity index (χ2n) is 3.21. The van der Waals surface area contributed by atoms with Gasteiger partial charge in [0.1, 0.15) is 0 Å². The first-order chi connectivity index (χ1) is 5.29. The van der Waals surface area contributed by atoms with Crippen molar-refractivity contribution in [3.63, 3.8) is 0 Å². The quantitative estimate of drug-likeness (QED) is 0.574. The number of piperazine rings is 1. The summed E-state index contributed by atoms with van der Waals surface area (Å²) < 4.78 is 8.09. The van der Waals surface area contributed by atoms with Crippen LogP contribution in [0.25, 0.3) is 0 Å². The Bertz CT molecular complexity index is 105. The summed E-state index contributed by atoms with van der Waals surface area (Å²) in [6.07, 6.45) is 0.413.